The average Bonchev–Trinajstić information content (AvgIpc) is 2.92. The third kappa shape index (κ3) is 3.39. The van der Waals surface area contributed by atoms with Crippen LogP contribution < -0.4 is 4.90 Å². The van der Waals surface area contributed by atoms with Crippen LogP contribution in [-0.4, -0.2) is 27.9 Å². The number of ketones is 1. The zero-order valence-electron chi connectivity index (χ0n) is 15.2. The van der Waals surface area contributed by atoms with E-state index in [4.69, 9.17) is 11.6 Å². The molecule has 1 unspecified atom stereocenters. The van der Waals surface area contributed by atoms with Crippen LogP contribution in [0.1, 0.15) is 35.8 Å². The number of aromatic carboxylic acids is 1. The molecule has 2 aromatic carbocycles. The van der Waals surface area contributed by atoms with E-state index in [0.29, 0.717) is 10.6 Å². The molecule has 0 fully saturated rings. The molecule has 0 spiro atoms. The van der Waals surface area contributed by atoms with Crippen LogP contribution in [0.5, 0.6) is 0 Å². The summed E-state index contributed by atoms with van der Waals surface area (Å²) in [6, 6.07) is 11.5. The Morgan fingerprint density at radius 1 is 1.11 bits per heavy atom. The summed E-state index contributed by atoms with van der Waals surface area (Å²) in [6.45, 7) is 3.35. The van der Waals surface area contributed by atoms with Gasteiger partial charge in [0.05, 0.1) is 17.2 Å². The summed E-state index contributed by atoms with van der Waals surface area (Å²) < 4.78 is 0. The van der Waals surface area contributed by atoms with E-state index in [1.165, 1.54) is 23.1 Å². The molecule has 144 valence electrons. The summed E-state index contributed by atoms with van der Waals surface area (Å²) in [6.07, 6.45) is 0. The highest BCUT2D eigenvalue weighted by Gasteiger charge is 2.44. The van der Waals surface area contributed by atoms with Crippen molar-refractivity contribution in [2.24, 2.45) is 5.92 Å². The Morgan fingerprint density at radius 3 is 2.39 bits per heavy atom. The first-order valence-electron chi connectivity index (χ1n) is 8.62. The molecule has 1 heterocycles. The van der Waals surface area contributed by atoms with Gasteiger partial charge in [0.1, 0.15) is 0 Å². The monoisotopic (exact) mass is 399 g/mol. The minimum absolute atomic E-state index is 0.0155. The highest BCUT2D eigenvalue weighted by molar-refractivity contribution is 6.30. The topological polar surface area (TPSA) is 94.9 Å². The second kappa shape index (κ2) is 7.48. The molecule has 0 saturated carbocycles. The van der Waals surface area contributed by atoms with Gasteiger partial charge in [-0.3, -0.25) is 14.5 Å². The molecule has 0 aromatic heterocycles. The van der Waals surface area contributed by atoms with Crippen LogP contribution in [0, 0.1) is 5.92 Å². The van der Waals surface area contributed by atoms with E-state index in [-0.39, 0.29) is 22.6 Å². The third-order valence-electron chi connectivity index (χ3n) is 4.53. The molecule has 6 nitrogen and oxygen atoms in total. The van der Waals surface area contributed by atoms with Crippen LogP contribution in [0.25, 0.3) is 0 Å². The summed E-state index contributed by atoms with van der Waals surface area (Å²) in [5.41, 5.74) is 0.754. The van der Waals surface area contributed by atoms with Crippen LogP contribution in [0.15, 0.2) is 59.9 Å². The number of aliphatic hydroxyl groups is 1. The first kappa shape index (κ1) is 19.6. The van der Waals surface area contributed by atoms with Crippen molar-refractivity contribution in [3.8, 4) is 0 Å². The zero-order chi connectivity index (χ0) is 20.6. The van der Waals surface area contributed by atoms with E-state index in [2.05, 4.69) is 0 Å². The first-order valence-corrected chi connectivity index (χ1v) is 9.00. The van der Waals surface area contributed by atoms with Crippen molar-refractivity contribution >= 4 is 34.9 Å². The molecule has 2 aromatic rings. The number of benzene rings is 2. The lowest BCUT2D eigenvalue weighted by Gasteiger charge is -2.27. The largest absolute Gasteiger partial charge is 0.503 e. The van der Waals surface area contributed by atoms with E-state index < -0.39 is 29.6 Å². The van der Waals surface area contributed by atoms with Gasteiger partial charge in [0.15, 0.2) is 11.5 Å². The third-order valence-corrected chi connectivity index (χ3v) is 4.77. The van der Waals surface area contributed by atoms with Crippen molar-refractivity contribution in [2.45, 2.75) is 19.9 Å². The summed E-state index contributed by atoms with van der Waals surface area (Å²) in [4.78, 5) is 38.2. The quantitative estimate of drug-likeness (QED) is 0.787. The SMILES string of the molecule is CC(C)C(=O)C1=C(O)C(=O)N(c2cccc(C(=O)O)c2)C1c1cccc(Cl)c1. The number of rotatable bonds is 5. The van der Waals surface area contributed by atoms with E-state index in [0.717, 1.165) is 0 Å². The Bertz CT molecular complexity index is 1010. The predicted octanol–water partition coefficient (Wildman–Crippen LogP) is 4.16. The number of Topliss-reactive ketones (excluding diaryl/α,β-unsaturated/α-hetero) is 1. The molecule has 0 saturated heterocycles. The zero-order valence-corrected chi connectivity index (χ0v) is 16.0. The molecule has 1 atom stereocenters. The second-order valence-corrected chi connectivity index (χ2v) is 7.21. The summed E-state index contributed by atoms with van der Waals surface area (Å²) in [5.74, 6) is -3.37. The van der Waals surface area contributed by atoms with Crippen molar-refractivity contribution in [3.05, 3.63) is 76.0 Å². The van der Waals surface area contributed by atoms with Gasteiger partial charge in [-0.15, -0.1) is 0 Å². The van der Waals surface area contributed by atoms with Gasteiger partial charge in [-0.1, -0.05) is 43.6 Å². The Labute approximate surface area is 166 Å². The number of nitrogens with zero attached hydrogens (tertiary/aromatic N) is 1. The van der Waals surface area contributed by atoms with Gasteiger partial charge in [0, 0.05) is 16.6 Å². The van der Waals surface area contributed by atoms with Crippen LogP contribution in [0.3, 0.4) is 0 Å². The van der Waals surface area contributed by atoms with Crippen LogP contribution in [0.2, 0.25) is 5.02 Å². The summed E-state index contributed by atoms with van der Waals surface area (Å²) in [5, 5.41) is 20.2. The van der Waals surface area contributed by atoms with Crippen molar-refractivity contribution in [1.29, 1.82) is 0 Å². The van der Waals surface area contributed by atoms with Crippen LogP contribution in [-0.2, 0) is 9.59 Å². The standard InChI is InChI=1S/C21H18ClNO5/c1-11(2)18(24)16-17(12-5-3-7-14(22)9-12)23(20(26)19(16)25)15-8-4-6-13(10-15)21(27)28/h3-11,17,25H,1-2H3,(H,27,28). The number of carboxylic acids is 1. The molecule has 7 heteroatoms. The Balaban J connectivity index is 2.21. The molecule has 1 aliphatic rings. The molecule has 0 radical (unpaired) electrons. The molecule has 0 bridgehead atoms. The highest BCUT2D eigenvalue weighted by Crippen LogP contribution is 2.42. The van der Waals surface area contributed by atoms with Crippen molar-refractivity contribution in [1.82, 2.24) is 0 Å². The maximum absolute atomic E-state index is 12.9. The molecule has 1 amide bonds. The number of carbonyl (C=O) groups excluding carboxylic acids is 2. The summed E-state index contributed by atoms with van der Waals surface area (Å²) >= 11 is 6.10. The molecule has 0 aliphatic carbocycles. The average molecular weight is 400 g/mol. The summed E-state index contributed by atoms with van der Waals surface area (Å²) in [7, 11) is 0. The van der Waals surface area contributed by atoms with Gasteiger partial charge >= 0.3 is 5.97 Å². The number of carboxylic acid groups (broad SMARTS) is 1. The fourth-order valence-corrected chi connectivity index (χ4v) is 3.41. The van der Waals surface area contributed by atoms with Gasteiger partial charge in [-0.25, -0.2) is 4.79 Å². The number of amides is 1. The van der Waals surface area contributed by atoms with Gasteiger partial charge in [0.25, 0.3) is 5.91 Å². The number of hydrogen-bond donors (Lipinski definition) is 2. The van der Waals surface area contributed by atoms with Crippen LogP contribution in [0.4, 0.5) is 5.69 Å². The lowest BCUT2D eigenvalue weighted by molar-refractivity contribution is -0.119. The Hall–Kier alpha value is -3.12. The second-order valence-electron chi connectivity index (χ2n) is 6.77. The minimum atomic E-state index is -1.15. The number of anilines is 1. The number of aliphatic hydroxyl groups excluding tert-OH is 1. The number of halogens is 1. The fraction of sp³-hybridized carbons (Fsp3) is 0.190. The number of carbonyl (C=O) groups is 3. The van der Waals surface area contributed by atoms with E-state index in [1.54, 1.807) is 44.2 Å². The van der Waals surface area contributed by atoms with Gasteiger partial charge in [-0.05, 0) is 35.9 Å². The Kier molecular flexibility index (Phi) is 5.25. The fourth-order valence-electron chi connectivity index (χ4n) is 3.22. The molecule has 2 N–H and O–H groups in total. The lowest BCUT2D eigenvalue weighted by atomic mass is 9.91. The lowest BCUT2D eigenvalue weighted by Crippen LogP contribution is -2.31. The molecule has 1 aliphatic heterocycles. The smallest absolute Gasteiger partial charge is 0.335 e. The first-order chi connectivity index (χ1) is 13.2. The molecule has 28 heavy (non-hydrogen) atoms. The van der Waals surface area contributed by atoms with Gasteiger partial charge in [0.2, 0.25) is 0 Å². The predicted molar refractivity (Wildman–Crippen MR) is 105 cm³/mol. The van der Waals surface area contributed by atoms with Crippen LogP contribution >= 0.6 is 11.6 Å². The van der Waals surface area contributed by atoms with Crippen molar-refractivity contribution in [3.63, 3.8) is 0 Å². The minimum Gasteiger partial charge on any atom is -0.503 e. The van der Waals surface area contributed by atoms with Crippen molar-refractivity contribution in [2.75, 3.05) is 4.90 Å². The van der Waals surface area contributed by atoms with Crippen molar-refractivity contribution < 1.29 is 24.6 Å². The Morgan fingerprint density at radius 2 is 1.79 bits per heavy atom. The maximum Gasteiger partial charge on any atom is 0.335 e. The molecule has 3 rings (SSSR count). The maximum atomic E-state index is 12.9. The van der Waals surface area contributed by atoms with E-state index >= 15 is 0 Å². The normalized spacial score (nSPS) is 16.8. The van der Waals surface area contributed by atoms with E-state index in [9.17, 15) is 24.6 Å². The van der Waals surface area contributed by atoms with E-state index in [1.807, 2.05) is 0 Å². The molecular formula is C21H18ClNO5. The number of hydrogen-bond acceptors (Lipinski definition) is 4. The van der Waals surface area contributed by atoms with Gasteiger partial charge in [-0.2, -0.15) is 0 Å². The highest BCUT2D eigenvalue weighted by atomic mass is 35.5. The molecular weight excluding hydrogens is 382 g/mol. The van der Waals surface area contributed by atoms with Gasteiger partial charge < -0.3 is 10.2 Å².